The van der Waals surface area contributed by atoms with Crippen LogP contribution in [-0.2, 0) is 17.6 Å². The summed E-state index contributed by atoms with van der Waals surface area (Å²) in [5.74, 6) is 0.929. The second-order valence-electron chi connectivity index (χ2n) is 7.98. The van der Waals surface area contributed by atoms with Crippen molar-refractivity contribution >= 4 is 17.6 Å². The lowest BCUT2D eigenvalue weighted by Gasteiger charge is -2.06. The molecule has 3 heterocycles. The van der Waals surface area contributed by atoms with Crippen molar-refractivity contribution in [1.29, 1.82) is 0 Å². The molecule has 0 unspecified atom stereocenters. The largest absolute Gasteiger partial charge is 0.288 e. The van der Waals surface area contributed by atoms with E-state index in [0.29, 0.717) is 23.7 Å². The molecule has 188 valence electrons. The molecular weight excluding hydrogens is 476 g/mol. The van der Waals surface area contributed by atoms with Gasteiger partial charge in [-0.05, 0) is 25.0 Å². The molecule has 5 rings (SSSR count). The number of aromatic amines is 2. The lowest BCUT2D eigenvalue weighted by molar-refractivity contribution is -0.119. The second kappa shape index (κ2) is 11.5. The monoisotopic (exact) mass is 500 g/mol. The van der Waals surface area contributed by atoms with Gasteiger partial charge in [0.25, 0.3) is 16.9 Å². The Bertz CT molecular complexity index is 1610. The van der Waals surface area contributed by atoms with Gasteiger partial charge in [-0.25, -0.2) is 0 Å². The first-order valence-corrected chi connectivity index (χ1v) is 11.3. The fraction of sp³-hybridized carbons (Fsp3) is 0.167. The lowest BCUT2D eigenvalue weighted by atomic mass is 10.1. The van der Waals surface area contributed by atoms with Gasteiger partial charge in [-0.1, -0.05) is 60.7 Å². The van der Waals surface area contributed by atoms with E-state index in [0.717, 1.165) is 11.1 Å². The third-order valence-corrected chi connectivity index (χ3v) is 5.10. The number of rotatable bonds is 6. The van der Waals surface area contributed by atoms with Crippen LogP contribution in [0.2, 0.25) is 0 Å². The number of amides is 1. The van der Waals surface area contributed by atoms with Crippen molar-refractivity contribution in [2.45, 2.75) is 26.7 Å². The van der Waals surface area contributed by atoms with Crippen molar-refractivity contribution in [3.63, 3.8) is 0 Å². The first-order valence-electron chi connectivity index (χ1n) is 11.3. The van der Waals surface area contributed by atoms with Crippen LogP contribution in [0.5, 0.6) is 0 Å². The zero-order valence-electron chi connectivity index (χ0n) is 20.1. The fourth-order valence-electron chi connectivity index (χ4n) is 3.18. The van der Waals surface area contributed by atoms with E-state index in [-0.39, 0.29) is 35.1 Å². The van der Waals surface area contributed by atoms with Crippen LogP contribution in [0.4, 0.5) is 5.95 Å². The first kappa shape index (κ1) is 24.9. The van der Waals surface area contributed by atoms with Crippen LogP contribution in [0.1, 0.15) is 28.3 Å². The maximum atomic E-state index is 11.6. The minimum absolute atomic E-state index is 0.0945. The molecule has 13 nitrogen and oxygen atoms in total. The summed E-state index contributed by atoms with van der Waals surface area (Å²) < 4.78 is 1.57. The molecule has 0 aliphatic rings. The Labute approximate surface area is 210 Å². The molecule has 37 heavy (non-hydrogen) atoms. The Hall–Kier alpha value is -5.20. The van der Waals surface area contributed by atoms with Crippen molar-refractivity contribution in [3.05, 3.63) is 110 Å². The van der Waals surface area contributed by atoms with Crippen LogP contribution in [0.25, 0.3) is 5.78 Å². The molecule has 0 aliphatic heterocycles. The topological polar surface area (TPSA) is 176 Å². The van der Waals surface area contributed by atoms with E-state index in [1.54, 1.807) is 18.4 Å². The van der Waals surface area contributed by atoms with Gasteiger partial charge in [-0.3, -0.25) is 35.2 Å². The van der Waals surface area contributed by atoms with Gasteiger partial charge in [0.2, 0.25) is 11.9 Å². The summed E-state index contributed by atoms with van der Waals surface area (Å²) in [4.78, 5) is 39.4. The van der Waals surface area contributed by atoms with Gasteiger partial charge in [0.15, 0.2) is 5.82 Å². The molecule has 0 atom stereocenters. The van der Waals surface area contributed by atoms with E-state index in [2.05, 4.69) is 46.3 Å². The Kier molecular flexibility index (Phi) is 7.73. The zero-order valence-corrected chi connectivity index (χ0v) is 20.1. The molecule has 0 aliphatic carbocycles. The van der Waals surface area contributed by atoms with Crippen LogP contribution in [0, 0.1) is 13.8 Å². The first-order chi connectivity index (χ1) is 17.9. The maximum absolute atomic E-state index is 11.6. The molecule has 13 heteroatoms. The Morgan fingerprint density at radius 1 is 0.811 bits per heavy atom. The molecule has 0 saturated carbocycles. The molecule has 0 bridgehead atoms. The second-order valence-corrected chi connectivity index (χ2v) is 7.98. The van der Waals surface area contributed by atoms with Gasteiger partial charge in [0.05, 0.1) is 6.42 Å². The lowest BCUT2D eigenvalue weighted by Crippen LogP contribution is -2.33. The van der Waals surface area contributed by atoms with E-state index >= 15 is 0 Å². The Morgan fingerprint density at radius 2 is 1.46 bits per heavy atom. The number of hydrazine groups is 1. The van der Waals surface area contributed by atoms with Crippen molar-refractivity contribution in [2.75, 3.05) is 5.43 Å². The quantitative estimate of drug-likeness (QED) is 0.246. The van der Waals surface area contributed by atoms with Gasteiger partial charge < -0.3 is 0 Å². The van der Waals surface area contributed by atoms with E-state index < -0.39 is 0 Å². The minimum atomic E-state index is -0.352. The number of aromatic nitrogens is 8. The van der Waals surface area contributed by atoms with E-state index in [4.69, 9.17) is 0 Å². The number of hydrogen-bond donors (Lipinski definition) is 4. The van der Waals surface area contributed by atoms with Crippen LogP contribution >= 0.6 is 0 Å². The minimum Gasteiger partial charge on any atom is -0.288 e. The normalized spacial score (nSPS) is 10.4. The van der Waals surface area contributed by atoms with Gasteiger partial charge in [-0.15, -0.1) is 20.4 Å². The van der Waals surface area contributed by atoms with E-state index in [1.807, 2.05) is 60.7 Å². The van der Waals surface area contributed by atoms with E-state index in [9.17, 15) is 14.4 Å². The molecule has 5 aromatic rings. The van der Waals surface area contributed by atoms with Crippen LogP contribution in [-0.4, -0.2) is 45.9 Å². The Balaban J connectivity index is 0.000000173. The summed E-state index contributed by atoms with van der Waals surface area (Å²) in [5.41, 5.74) is 7.03. The summed E-state index contributed by atoms with van der Waals surface area (Å²) in [6, 6.07) is 19.2. The average Bonchev–Trinajstić information content (AvgIpc) is 3.27. The average molecular weight is 501 g/mol. The number of H-pyrrole nitrogens is 2. The summed E-state index contributed by atoms with van der Waals surface area (Å²) in [6.07, 6.45) is 0.859. The van der Waals surface area contributed by atoms with Crippen LogP contribution < -0.4 is 22.0 Å². The number of carbonyl (C=O) groups excluding carboxylic acids is 1. The van der Waals surface area contributed by atoms with Crippen molar-refractivity contribution in [1.82, 2.24) is 45.4 Å². The highest BCUT2D eigenvalue weighted by Crippen LogP contribution is 2.06. The number of benzene rings is 2. The van der Waals surface area contributed by atoms with Crippen molar-refractivity contribution in [3.8, 4) is 0 Å². The van der Waals surface area contributed by atoms with Crippen LogP contribution in [0.3, 0.4) is 0 Å². The number of hydrogen-bond acceptors (Lipinski definition) is 9. The molecule has 0 saturated heterocycles. The smallest absolute Gasteiger partial charge is 0.274 e. The van der Waals surface area contributed by atoms with Gasteiger partial charge in [-0.2, -0.15) is 9.61 Å². The number of aryl methyl sites for hydroxylation is 2. The highest BCUT2D eigenvalue weighted by Gasteiger charge is 2.09. The highest BCUT2D eigenvalue weighted by molar-refractivity contribution is 5.79. The molecule has 0 spiro atoms. The summed E-state index contributed by atoms with van der Waals surface area (Å²) in [6.45, 7) is 3.20. The number of anilines is 1. The molecule has 0 radical (unpaired) electrons. The fourth-order valence-corrected chi connectivity index (χ4v) is 3.18. The standard InChI is InChI=1S/C12H13N5O2.C12H11N5O/c1-8-11(19)13-12(16-14-8)17-15-10(18)7-9-5-3-2-4-6-9;1-8-11(18)13-12-15-14-10(17(12)16-8)7-9-5-3-2-4-6-9/h2-6H,7H2,1H3,(H,15,18)(H2,13,16,17,19);2-6H,7H2,1H3,(H,13,15,18). The number of fused-ring (bicyclic) bond motifs is 1. The predicted molar refractivity (Wildman–Crippen MR) is 135 cm³/mol. The summed E-state index contributed by atoms with van der Waals surface area (Å²) >= 11 is 0. The molecule has 1 amide bonds. The zero-order chi connectivity index (χ0) is 26.2. The van der Waals surface area contributed by atoms with Gasteiger partial charge in [0, 0.05) is 6.42 Å². The molecule has 2 aromatic carbocycles. The number of nitrogens with one attached hydrogen (secondary N) is 4. The number of nitrogens with zero attached hydrogens (tertiary/aromatic N) is 6. The van der Waals surface area contributed by atoms with Gasteiger partial charge >= 0.3 is 0 Å². The maximum Gasteiger partial charge on any atom is 0.274 e. The SMILES string of the molecule is Cc1nn2c(Cc3ccccc3)nnc2[nH]c1=O.Cc1nnc(NNC(=O)Cc2ccccc2)[nH]c1=O. The summed E-state index contributed by atoms with van der Waals surface area (Å²) in [5, 5.41) is 19.5. The predicted octanol–water partition coefficient (Wildman–Crippen LogP) is 0.871. The number of carbonyl (C=O) groups is 1. The van der Waals surface area contributed by atoms with Gasteiger partial charge in [0.1, 0.15) is 11.4 Å². The molecular formula is C24H24N10O3. The van der Waals surface area contributed by atoms with E-state index in [1.165, 1.54) is 0 Å². The van der Waals surface area contributed by atoms with Crippen LogP contribution in [0.15, 0.2) is 70.3 Å². The summed E-state index contributed by atoms with van der Waals surface area (Å²) in [7, 11) is 0. The third-order valence-electron chi connectivity index (χ3n) is 5.10. The third kappa shape index (κ3) is 6.69. The Morgan fingerprint density at radius 3 is 2.14 bits per heavy atom. The highest BCUT2D eigenvalue weighted by atomic mass is 16.2. The molecule has 0 fully saturated rings. The molecule has 4 N–H and O–H groups in total. The molecule has 3 aromatic heterocycles. The van der Waals surface area contributed by atoms with Crippen molar-refractivity contribution in [2.24, 2.45) is 0 Å². The van der Waals surface area contributed by atoms with Crippen molar-refractivity contribution < 1.29 is 4.79 Å².